The van der Waals surface area contributed by atoms with Crippen LogP contribution in [-0.4, -0.2) is 86.1 Å². The number of likely N-dealkylation sites (tertiary alicyclic amines) is 1. The Kier molecular flexibility index (Phi) is 9.38. The zero-order chi connectivity index (χ0) is 38.4. The lowest BCUT2D eigenvalue weighted by molar-refractivity contribution is -0.136. The van der Waals surface area contributed by atoms with Crippen molar-refractivity contribution in [2.45, 2.75) is 50.9 Å². The molecule has 0 radical (unpaired) electrons. The van der Waals surface area contributed by atoms with E-state index in [1.165, 1.54) is 12.1 Å². The smallest absolute Gasteiger partial charge is 0.262 e. The van der Waals surface area contributed by atoms with Crippen LogP contribution in [0.5, 0.6) is 17.2 Å². The minimum Gasteiger partial charge on any atom is -0.496 e. The van der Waals surface area contributed by atoms with E-state index in [9.17, 15) is 24.0 Å². The van der Waals surface area contributed by atoms with E-state index in [1.807, 2.05) is 41.3 Å². The number of hydrogen-bond acceptors (Lipinski definition) is 11. The molecular weight excluding hydrogens is 706 g/mol. The Morgan fingerprint density at radius 2 is 1.60 bits per heavy atom. The molecule has 8 rings (SSSR count). The molecule has 4 amide bonds. The minimum absolute atomic E-state index is 0.0568. The van der Waals surface area contributed by atoms with Crippen LogP contribution < -0.4 is 25.1 Å². The average molecular weight is 746 g/mol. The molecule has 3 aromatic heterocycles. The van der Waals surface area contributed by atoms with Gasteiger partial charge in [-0.1, -0.05) is 0 Å². The van der Waals surface area contributed by atoms with Crippen LogP contribution in [0, 0.1) is 0 Å². The van der Waals surface area contributed by atoms with Gasteiger partial charge in [0.1, 0.15) is 29.9 Å². The van der Waals surface area contributed by atoms with Gasteiger partial charge in [-0.3, -0.25) is 48.8 Å². The maximum atomic E-state index is 13.2. The van der Waals surface area contributed by atoms with Crippen molar-refractivity contribution < 1.29 is 33.4 Å². The van der Waals surface area contributed by atoms with Crippen molar-refractivity contribution in [2.24, 2.45) is 7.05 Å². The molecule has 15 nitrogen and oxygen atoms in total. The molecule has 0 saturated carbocycles. The highest BCUT2D eigenvalue weighted by atomic mass is 16.5. The van der Waals surface area contributed by atoms with Crippen LogP contribution in [0.25, 0.3) is 21.9 Å². The summed E-state index contributed by atoms with van der Waals surface area (Å²) >= 11 is 0. The van der Waals surface area contributed by atoms with Crippen LogP contribution >= 0.6 is 0 Å². The molecule has 1 unspecified atom stereocenters. The number of carbonyl (C=O) groups is 4. The molecule has 6 heterocycles. The van der Waals surface area contributed by atoms with Crippen molar-refractivity contribution in [1.82, 2.24) is 34.4 Å². The predicted molar refractivity (Wildman–Crippen MR) is 199 cm³/mol. The molecule has 3 aliphatic heterocycles. The van der Waals surface area contributed by atoms with Gasteiger partial charge in [0, 0.05) is 63.5 Å². The van der Waals surface area contributed by atoms with Crippen molar-refractivity contribution in [3.8, 4) is 28.4 Å². The molecule has 2 aromatic carbocycles. The van der Waals surface area contributed by atoms with E-state index in [0.717, 1.165) is 52.9 Å². The van der Waals surface area contributed by atoms with Crippen molar-refractivity contribution in [2.75, 3.05) is 27.3 Å². The number of nitrogens with one attached hydrogen (secondary N) is 1. The molecule has 0 spiro atoms. The van der Waals surface area contributed by atoms with Gasteiger partial charge in [0.15, 0.2) is 0 Å². The second-order valence-corrected chi connectivity index (χ2v) is 14.0. The van der Waals surface area contributed by atoms with Gasteiger partial charge in [0.25, 0.3) is 17.4 Å². The first-order valence-electron chi connectivity index (χ1n) is 18.1. The molecule has 1 atom stereocenters. The van der Waals surface area contributed by atoms with Gasteiger partial charge in [0.05, 0.1) is 48.0 Å². The van der Waals surface area contributed by atoms with E-state index in [2.05, 4.69) is 15.2 Å². The number of aromatic nitrogens is 4. The summed E-state index contributed by atoms with van der Waals surface area (Å²) in [5, 5.41) is 8.33. The third-order valence-corrected chi connectivity index (χ3v) is 10.7. The summed E-state index contributed by atoms with van der Waals surface area (Å²) in [6.45, 7) is 2.46. The molecular formula is C40H39N7O8. The molecule has 55 heavy (non-hydrogen) atoms. The quantitative estimate of drug-likeness (QED) is 0.208. The molecule has 3 aliphatic rings. The second kappa shape index (κ2) is 14.5. The number of amides is 4. The number of nitrogens with zero attached hydrogens (tertiary/aromatic N) is 6. The summed E-state index contributed by atoms with van der Waals surface area (Å²) in [4.78, 5) is 70.4. The number of ether oxygens (including phenoxy) is 3. The van der Waals surface area contributed by atoms with Crippen LogP contribution in [0.15, 0.2) is 72.0 Å². The lowest BCUT2D eigenvalue weighted by atomic mass is 9.98. The Morgan fingerprint density at radius 3 is 2.33 bits per heavy atom. The van der Waals surface area contributed by atoms with Crippen LogP contribution in [0.1, 0.15) is 63.7 Å². The van der Waals surface area contributed by atoms with Gasteiger partial charge in [-0.25, -0.2) is 0 Å². The Morgan fingerprint density at radius 1 is 0.855 bits per heavy atom. The number of rotatable bonds is 10. The highest BCUT2D eigenvalue weighted by molar-refractivity contribution is 6.23. The summed E-state index contributed by atoms with van der Waals surface area (Å²) in [7, 11) is 5.03. The first-order valence-corrected chi connectivity index (χ1v) is 18.1. The number of hydrogen-bond donors (Lipinski definition) is 1. The Balaban J connectivity index is 0.897. The van der Waals surface area contributed by atoms with Gasteiger partial charge >= 0.3 is 0 Å². The maximum Gasteiger partial charge on any atom is 0.262 e. The second-order valence-electron chi connectivity index (χ2n) is 14.0. The van der Waals surface area contributed by atoms with Crippen LogP contribution in [0.2, 0.25) is 0 Å². The summed E-state index contributed by atoms with van der Waals surface area (Å²) < 4.78 is 21.3. The van der Waals surface area contributed by atoms with Crippen molar-refractivity contribution >= 4 is 34.4 Å². The molecule has 0 bridgehead atoms. The highest BCUT2D eigenvalue weighted by Gasteiger charge is 2.44. The normalized spacial score (nSPS) is 17.8. The summed E-state index contributed by atoms with van der Waals surface area (Å²) in [5.74, 6) is -0.418. The fourth-order valence-corrected chi connectivity index (χ4v) is 7.76. The molecule has 282 valence electrons. The number of benzene rings is 2. The van der Waals surface area contributed by atoms with E-state index < -0.39 is 29.7 Å². The monoisotopic (exact) mass is 745 g/mol. The fraction of sp³-hybridized carbons (Fsp3) is 0.325. The number of pyridine rings is 2. The number of fused-ring (bicyclic) bond motifs is 2. The van der Waals surface area contributed by atoms with Gasteiger partial charge in [-0.15, -0.1) is 0 Å². The number of methoxy groups -OCH3 is 2. The zero-order valence-corrected chi connectivity index (χ0v) is 30.6. The number of aryl methyl sites for hydroxylation is 1. The van der Waals surface area contributed by atoms with E-state index in [4.69, 9.17) is 19.3 Å². The highest BCUT2D eigenvalue weighted by Crippen LogP contribution is 2.39. The zero-order valence-electron chi connectivity index (χ0n) is 30.6. The van der Waals surface area contributed by atoms with Crippen LogP contribution in [0.3, 0.4) is 0 Å². The third-order valence-electron chi connectivity index (χ3n) is 10.7. The first kappa shape index (κ1) is 35.7. The van der Waals surface area contributed by atoms with E-state index in [1.54, 1.807) is 44.3 Å². The Bertz CT molecular complexity index is 2400. The topological polar surface area (TPSA) is 167 Å². The molecule has 1 N–H and O–H groups in total. The molecule has 15 heteroatoms. The van der Waals surface area contributed by atoms with E-state index >= 15 is 0 Å². The molecule has 2 fully saturated rings. The van der Waals surface area contributed by atoms with Crippen molar-refractivity contribution in [1.29, 1.82) is 0 Å². The summed E-state index contributed by atoms with van der Waals surface area (Å²) in [6.07, 6.45) is 8.97. The standard InChI is InChI=1S/C40H39N7O8/c1-44-20-31(27-8-12-41-19-30(27)38(44)50)23-16-34(53-2)32(35(17-23)54-3)21-45-13-10-25(11-14-45)46-15-9-24(43-46)22-55-26-4-5-28-29(18-26)40(52)47(39(28)51)33-6-7-36(48)42-37(33)49/h4-5,8-9,12,15-20,25,33H,6-7,10-11,13-14,21-22H2,1-3H3,(H,42,48,49). The van der Waals surface area contributed by atoms with Gasteiger partial charge in [-0.05, 0) is 72.7 Å². The SMILES string of the molecule is COc1cc(-c2cn(C)c(=O)c3cnccc23)cc(OC)c1CN1CCC(n2ccc(COc3ccc4c(c3)C(=O)N(C3CCC(=O)NC3=O)C4=O)n2)CC1. The lowest BCUT2D eigenvalue weighted by Gasteiger charge is -2.32. The first-order chi connectivity index (χ1) is 26.6. The maximum absolute atomic E-state index is 13.2. The number of carbonyl (C=O) groups excluding carboxylic acids is 4. The molecule has 0 aliphatic carbocycles. The van der Waals surface area contributed by atoms with Crippen LogP contribution in [0.4, 0.5) is 0 Å². The van der Waals surface area contributed by atoms with E-state index in [-0.39, 0.29) is 42.2 Å². The largest absolute Gasteiger partial charge is 0.496 e. The van der Waals surface area contributed by atoms with Crippen molar-refractivity contribution in [3.63, 3.8) is 0 Å². The number of piperidine rings is 2. The van der Waals surface area contributed by atoms with Gasteiger partial charge in [-0.2, -0.15) is 5.10 Å². The predicted octanol–water partition coefficient (Wildman–Crippen LogP) is 3.63. The van der Waals surface area contributed by atoms with Crippen molar-refractivity contribution in [3.05, 3.63) is 100.0 Å². The lowest BCUT2D eigenvalue weighted by Crippen LogP contribution is -2.54. The van der Waals surface area contributed by atoms with Gasteiger partial charge < -0.3 is 18.8 Å². The van der Waals surface area contributed by atoms with Gasteiger partial charge in [0.2, 0.25) is 11.8 Å². The minimum atomic E-state index is -1.03. The third kappa shape index (κ3) is 6.60. The summed E-state index contributed by atoms with van der Waals surface area (Å²) in [6, 6.07) is 11.6. The summed E-state index contributed by atoms with van der Waals surface area (Å²) in [5.41, 5.74) is 3.66. The van der Waals surface area contributed by atoms with E-state index in [0.29, 0.717) is 34.9 Å². The molecule has 5 aromatic rings. The fourth-order valence-electron chi connectivity index (χ4n) is 7.76. The Hall–Kier alpha value is -6.35. The van der Waals surface area contributed by atoms with Crippen LogP contribution in [-0.2, 0) is 29.8 Å². The Labute approximate surface area is 315 Å². The molecule has 2 saturated heterocycles. The average Bonchev–Trinajstić information content (AvgIpc) is 3.77. The number of imide groups is 2.